The smallest absolute Gasteiger partial charge is 0.243 e. The fourth-order valence-electron chi connectivity index (χ4n) is 3.04. The molecular formula is C23H25N3O2. The van der Waals surface area contributed by atoms with Gasteiger partial charge in [-0.25, -0.2) is 0 Å². The van der Waals surface area contributed by atoms with Crippen molar-refractivity contribution in [3.05, 3.63) is 72.3 Å². The molecule has 0 saturated carbocycles. The zero-order valence-electron chi connectivity index (χ0n) is 16.2. The minimum Gasteiger partial charge on any atom is -0.376 e. The second-order valence-corrected chi connectivity index (χ2v) is 6.92. The first-order valence-electron chi connectivity index (χ1n) is 9.33. The summed E-state index contributed by atoms with van der Waals surface area (Å²) in [6, 6.07) is 21.7. The van der Waals surface area contributed by atoms with Crippen molar-refractivity contribution in [2.75, 3.05) is 31.3 Å². The molecule has 0 heterocycles. The van der Waals surface area contributed by atoms with Gasteiger partial charge in [-0.15, -0.1) is 0 Å². The molecule has 0 atom stereocenters. The Morgan fingerprint density at radius 1 is 0.929 bits per heavy atom. The fourth-order valence-corrected chi connectivity index (χ4v) is 3.04. The number of rotatable bonds is 7. The van der Waals surface area contributed by atoms with Crippen LogP contribution in [-0.2, 0) is 16.0 Å². The van der Waals surface area contributed by atoms with Crippen LogP contribution >= 0.6 is 0 Å². The van der Waals surface area contributed by atoms with Crippen LogP contribution in [0.5, 0.6) is 0 Å². The molecule has 0 bridgehead atoms. The molecule has 3 aromatic carbocycles. The van der Waals surface area contributed by atoms with Crippen molar-refractivity contribution >= 4 is 34.0 Å². The van der Waals surface area contributed by atoms with E-state index in [0.29, 0.717) is 12.8 Å². The van der Waals surface area contributed by atoms with Gasteiger partial charge in [-0.1, -0.05) is 48.5 Å². The maximum atomic E-state index is 12.4. The van der Waals surface area contributed by atoms with Crippen LogP contribution < -0.4 is 10.6 Å². The van der Waals surface area contributed by atoms with E-state index in [1.807, 2.05) is 66.7 Å². The lowest BCUT2D eigenvalue weighted by molar-refractivity contribution is -0.128. The SMILES string of the molecule is CN(C)C(=O)CCc1cccc(NC(=O)CNc2cccc3ccccc23)c1. The first kappa shape index (κ1) is 19.4. The molecule has 28 heavy (non-hydrogen) atoms. The van der Waals surface area contributed by atoms with E-state index in [9.17, 15) is 9.59 Å². The summed E-state index contributed by atoms with van der Waals surface area (Å²) in [5, 5.41) is 8.35. The number of carbonyl (C=O) groups is 2. The molecule has 3 aromatic rings. The minimum absolute atomic E-state index is 0.0914. The molecule has 144 valence electrons. The first-order valence-corrected chi connectivity index (χ1v) is 9.33. The predicted molar refractivity (Wildman–Crippen MR) is 115 cm³/mol. The molecule has 0 unspecified atom stereocenters. The van der Waals surface area contributed by atoms with E-state index < -0.39 is 0 Å². The van der Waals surface area contributed by atoms with Gasteiger partial charge in [-0.05, 0) is 35.6 Å². The van der Waals surface area contributed by atoms with Crippen LogP contribution in [0.3, 0.4) is 0 Å². The van der Waals surface area contributed by atoms with Crippen LogP contribution in [0.1, 0.15) is 12.0 Å². The summed E-state index contributed by atoms with van der Waals surface area (Å²) in [7, 11) is 3.50. The number of nitrogens with one attached hydrogen (secondary N) is 2. The molecule has 0 aromatic heterocycles. The number of hydrogen-bond acceptors (Lipinski definition) is 3. The zero-order valence-corrected chi connectivity index (χ0v) is 16.2. The van der Waals surface area contributed by atoms with Crippen molar-refractivity contribution in [2.24, 2.45) is 0 Å². The lowest BCUT2D eigenvalue weighted by atomic mass is 10.1. The predicted octanol–water partition coefficient (Wildman–Crippen LogP) is 3.91. The van der Waals surface area contributed by atoms with Crippen LogP contribution in [0.2, 0.25) is 0 Å². The Bertz CT molecular complexity index is 977. The number of carbonyl (C=O) groups excluding carboxylic acids is 2. The fraction of sp³-hybridized carbons (Fsp3) is 0.217. The van der Waals surface area contributed by atoms with Crippen molar-refractivity contribution in [3.63, 3.8) is 0 Å². The van der Waals surface area contributed by atoms with Crippen molar-refractivity contribution in [1.82, 2.24) is 4.90 Å². The number of nitrogens with zero attached hydrogens (tertiary/aromatic N) is 1. The molecule has 0 aliphatic rings. The highest BCUT2D eigenvalue weighted by Gasteiger charge is 2.07. The van der Waals surface area contributed by atoms with E-state index >= 15 is 0 Å². The third-order valence-corrected chi connectivity index (χ3v) is 4.57. The van der Waals surface area contributed by atoms with Crippen LogP contribution in [0.15, 0.2) is 66.7 Å². The number of hydrogen-bond donors (Lipinski definition) is 2. The molecule has 5 heteroatoms. The highest BCUT2D eigenvalue weighted by Crippen LogP contribution is 2.22. The van der Waals surface area contributed by atoms with Gasteiger partial charge in [0, 0.05) is 37.3 Å². The Morgan fingerprint density at radius 3 is 2.50 bits per heavy atom. The van der Waals surface area contributed by atoms with Crippen molar-refractivity contribution in [1.29, 1.82) is 0 Å². The molecule has 2 N–H and O–H groups in total. The van der Waals surface area contributed by atoms with E-state index in [0.717, 1.165) is 27.7 Å². The van der Waals surface area contributed by atoms with Crippen LogP contribution in [0, 0.1) is 0 Å². The Kier molecular flexibility index (Phi) is 6.27. The maximum absolute atomic E-state index is 12.4. The third-order valence-electron chi connectivity index (χ3n) is 4.57. The van der Waals surface area contributed by atoms with E-state index in [-0.39, 0.29) is 18.4 Å². The molecule has 3 rings (SSSR count). The quantitative estimate of drug-likeness (QED) is 0.658. The Labute approximate surface area is 165 Å². The summed E-state index contributed by atoms with van der Waals surface area (Å²) in [6.45, 7) is 0.178. The maximum Gasteiger partial charge on any atom is 0.243 e. The van der Waals surface area contributed by atoms with E-state index in [1.165, 1.54) is 0 Å². The van der Waals surface area contributed by atoms with Gasteiger partial charge in [0.25, 0.3) is 0 Å². The van der Waals surface area contributed by atoms with Gasteiger partial charge >= 0.3 is 0 Å². The largest absolute Gasteiger partial charge is 0.376 e. The van der Waals surface area contributed by atoms with Crippen LogP contribution in [-0.4, -0.2) is 37.4 Å². The van der Waals surface area contributed by atoms with Gasteiger partial charge in [0.1, 0.15) is 0 Å². The van der Waals surface area contributed by atoms with Gasteiger partial charge in [0.05, 0.1) is 6.54 Å². The standard InChI is InChI=1S/C23H25N3O2/c1-26(2)23(28)14-13-17-7-5-10-19(15-17)25-22(27)16-24-21-12-6-9-18-8-3-4-11-20(18)21/h3-12,15,24H,13-14,16H2,1-2H3,(H,25,27). The Morgan fingerprint density at radius 2 is 1.68 bits per heavy atom. The molecule has 0 spiro atoms. The zero-order chi connectivity index (χ0) is 19.9. The summed E-state index contributed by atoms with van der Waals surface area (Å²) in [5.74, 6) is -0.0248. The molecule has 0 aliphatic heterocycles. The topological polar surface area (TPSA) is 61.4 Å². The molecule has 2 amide bonds. The van der Waals surface area contributed by atoms with Crippen molar-refractivity contribution in [2.45, 2.75) is 12.8 Å². The number of anilines is 2. The molecule has 5 nitrogen and oxygen atoms in total. The van der Waals surface area contributed by atoms with Crippen molar-refractivity contribution in [3.8, 4) is 0 Å². The van der Waals surface area contributed by atoms with E-state index in [2.05, 4.69) is 10.6 Å². The van der Waals surface area contributed by atoms with E-state index in [4.69, 9.17) is 0 Å². The summed E-state index contributed by atoms with van der Waals surface area (Å²) < 4.78 is 0. The van der Waals surface area contributed by atoms with Gasteiger partial charge in [-0.2, -0.15) is 0 Å². The van der Waals surface area contributed by atoms with Crippen LogP contribution in [0.25, 0.3) is 10.8 Å². The summed E-state index contributed by atoms with van der Waals surface area (Å²) in [5.41, 5.74) is 2.69. The monoisotopic (exact) mass is 375 g/mol. The summed E-state index contributed by atoms with van der Waals surface area (Å²) in [4.78, 5) is 25.7. The lowest BCUT2D eigenvalue weighted by Crippen LogP contribution is -2.22. The molecule has 0 saturated heterocycles. The number of aryl methyl sites for hydroxylation is 1. The van der Waals surface area contributed by atoms with Crippen LogP contribution in [0.4, 0.5) is 11.4 Å². The third kappa shape index (κ3) is 5.10. The van der Waals surface area contributed by atoms with Gasteiger partial charge in [0.2, 0.25) is 11.8 Å². The average Bonchev–Trinajstić information content (AvgIpc) is 2.70. The molecule has 0 radical (unpaired) electrons. The second kappa shape index (κ2) is 9.04. The lowest BCUT2D eigenvalue weighted by Gasteiger charge is -2.12. The number of benzene rings is 3. The number of amides is 2. The molecular weight excluding hydrogens is 350 g/mol. The highest BCUT2D eigenvalue weighted by molar-refractivity contribution is 5.98. The number of fused-ring (bicyclic) bond motifs is 1. The molecule has 0 fully saturated rings. The second-order valence-electron chi connectivity index (χ2n) is 6.92. The Hall–Kier alpha value is -3.34. The summed E-state index contributed by atoms with van der Waals surface area (Å²) >= 11 is 0. The minimum atomic E-state index is -0.116. The first-order chi connectivity index (χ1) is 13.5. The highest BCUT2D eigenvalue weighted by atomic mass is 16.2. The van der Waals surface area contributed by atoms with Gasteiger partial charge in [0.15, 0.2) is 0 Å². The van der Waals surface area contributed by atoms with Gasteiger partial charge in [-0.3, -0.25) is 9.59 Å². The normalized spacial score (nSPS) is 10.5. The average molecular weight is 375 g/mol. The van der Waals surface area contributed by atoms with Crippen molar-refractivity contribution < 1.29 is 9.59 Å². The summed E-state index contributed by atoms with van der Waals surface area (Å²) in [6.07, 6.45) is 1.10. The van der Waals surface area contributed by atoms with E-state index in [1.54, 1.807) is 19.0 Å². The Balaban J connectivity index is 1.57. The van der Waals surface area contributed by atoms with Gasteiger partial charge < -0.3 is 15.5 Å². The molecule has 0 aliphatic carbocycles.